The second-order valence-electron chi connectivity index (χ2n) is 7.15. The standard InChI is InChI=1S/C18H25N5O3S2/c1-3-28(24,25)23-10-8-22(9-11-23)16-15-6-12-27-17(15)20-18(19-16)26-13-14-5-4-7-21(14)2/h3,6,12,14H,1,4-5,7-11,13H2,2H3/t14-/m1/s1. The average Bonchev–Trinajstić information content (AvgIpc) is 3.34. The molecule has 4 rings (SSSR count). The number of likely N-dealkylation sites (N-methyl/N-ethyl adjacent to an activating group) is 1. The molecule has 10 heteroatoms. The highest BCUT2D eigenvalue weighted by atomic mass is 32.2. The van der Waals surface area contributed by atoms with Gasteiger partial charge in [-0.2, -0.15) is 14.3 Å². The van der Waals surface area contributed by atoms with Crippen LogP contribution in [-0.2, 0) is 10.0 Å². The first-order valence-corrected chi connectivity index (χ1v) is 11.8. The largest absolute Gasteiger partial charge is 0.462 e. The van der Waals surface area contributed by atoms with Crippen LogP contribution in [0.2, 0.25) is 0 Å². The second kappa shape index (κ2) is 7.94. The monoisotopic (exact) mass is 423 g/mol. The van der Waals surface area contributed by atoms with Crippen molar-refractivity contribution in [2.75, 3.05) is 51.3 Å². The fourth-order valence-corrected chi connectivity index (χ4v) is 5.38. The van der Waals surface area contributed by atoms with Crippen LogP contribution in [0.15, 0.2) is 23.4 Å². The molecule has 0 amide bonds. The minimum Gasteiger partial charge on any atom is -0.462 e. The maximum absolute atomic E-state index is 12.0. The quantitative estimate of drug-likeness (QED) is 0.700. The molecule has 2 aliphatic heterocycles. The number of rotatable bonds is 6. The molecule has 0 spiro atoms. The Balaban J connectivity index is 1.52. The van der Waals surface area contributed by atoms with Crippen molar-refractivity contribution < 1.29 is 13.2 Å². The number of hydrogen-bond acceptors (Lipinski definition) is 8. The number of nitrogens with zero attached hydrogens (tertiary/aromatic N) is 5. The summed E-state index contributed by atoms with van der Waals surface area (Å²) in [6, 6.07) is 2.81. The molecule has 0 aliphatic carbocycles. The Morgan fingerprint density at radius 2 is 2.07 bits per heavy atom. The summed E-state index contributed by atoms with van der Waals surface area (Å²) >= 11 is 1.56. The fourth-order valence-electron chi connectivity index (χ4n) is 3.75. The van der Waals surface area contributed by atoms with Gasteiger partial charge in [0.25, 0.3) is 0 Å². The third kappa shape index (κ3) is 3.86. The van der Waals surface area contributed by atoms with E-state index in [-0.39, 0.29) is 0 Å². The molecule has 2 fully saturated rings. The van der Waals surface area contributed by atoms with Crippen molar-refractivity contribution in [3.8, 4) is 6.01 Å². The van der Waals surface area contributed by atoms with Crippen molar-refractivity contribution >= 4 is 37.4 Å². The lowest BCUT2D eigenvalue weighted by atomic mass is 10.2. The summed E-state index contributed by atoms with van der Waals surface area (Å²) < 4.78 is 31.4. The van der Waals surface area contributed by atoms with E-state index in [1.165, 1.54) is 10.7 Å². The van der Waals surface area contributed by atoms with E-state index in [9.17, 15) is 8.42 Å². The van der Waals surface area contributed by atoms with Gasteiger partial charge in [-0.3, -0.25) is 0 Å². The van der Waals surface area contributed by atoms with E-state index in [0.717, 1.165) is 34.4 Å². The van der Waals surface area contributed by atoms with Crippen molar-refractivity contribution in [1.29, 1.82) is 0 Å². The molecule has 2 aromatic heterocycles. The number of thiophene rings is 1. The molecule has 0 radical (unpaired) electrons. The number of aromatic nitrogens is 2. The number of likely N-dealkylation sites (tertiary alicyclic amines) is 1. The predicted molar refractivity (Wildman–Crippen MR) is 111 cm³/mol. The molecule has 0 bridgehead atoms. The van der Waals surface area contributed by atoms with Crippen molar-refractivity contribution in [2.24, 2.45) is 0 Å². The zero-order valence-corrected chi connectivity index (χ0v) is 17.6. The lowest BCUT2D eigenvalue weighted by Crippen LogP contribution is -2.48. The number of anilines is 1. The Morgan fingerprint density at radius 1 is 1.29 bits per heavy atom. The molecule has 2 saturated heterocycles. The fraction of sp³-hybridized carbons (Fsp3) is 0.556. The van der Waals surface area contributed by atoms with E-state index >= 15 is 0 Å². The summed E-state index contributed by atoms with van der Waals surface area (Å²) in [5.41, 5.74) is 0. The Bertz CT molecular complexity index is 953. The third-order valence-electron chi connectivity index (χ3n) is 5.47. The number of sulfonamides is 1. The minimum atomic E-state index is -3.38. The number of piperazine rings is 1. The van der Waals surface area contributed by atoms with Gasteiger partial charge in [-0.25, -0.2) is 8.42 Å². The van der Waals surface area contributed by atoms with Gasteiger partial charge in [0.05, 0.1) is 5.39 Å². The van der Waals surface area contributed by atoms with Crippen molar-refractivity contribution in [3.63, 3.8) is 0 Å². The molecule has 8 nitrogen and oxygen atoms in total. The molecule has 4 heterocycles. The molecule has 2 aromatic rings. The maximum atomic E-state index is 12.0. The summed E-state index contributed by atoms with van der Waals surface area (Å²) in [4.78, 5) is 14.6. The molecule has 2 aliphatic rings. The Kier molecular flexibility index (Phi) is 5.55. The van der Waals surface area contributed by atoms with Gasteiger partial charge in [-0.1, -0.05) is 6.58 Å². The molecule has 0 N–H and O–H groups in total. The first kappa shape index (κ1) is 19.6. The topological polar surface area (TPSA) is 78.9 Å². The SMILES string of the molecule is C=CS(=O)(=O)N1CCN(c2nc(OC[C@H]3CCCN3C)nc3sccc23)CC1. The highest BCUT2D eigenvalue weighted by Crippen LogP contribution is 2.31. The molecular weight excluding hydrogens is 398 g/mol. The highest BCUT2D eigenvalue weighted by Gasteiger charge is 2.27. The summed E-state index contributed by atoms with van der Waals surface area (Å²) in [6.07, 6.45) is 2.32. The molecular formula is C18H25N5O3S2. The Hall–Kier alpha value is -1.75. The molecule has 152 valence electrons. The Labute approximate surface area is 169 Å². The van der Waals surface area contributed by atoms with Gasteiger partial charge in [0, 0.05) is 37.6 Å². The normalized spacial score (nSPS) is 22.0. The van der Waals surface area contributed by atoms with E-state index in [1.807, 2.05) is 11.4 Å². The number of ether oxygens (including phenoxy) is 1. The molecule has 28 heavy (non-hydrogen) atoms. The molecule has 0 saturated carbocycles. The second-order valence-corrected chi connectivity index (χ2v) is 9.93. The first-order valence-electron chi connectivity index (χ1n) is 9.44. The minimum absolute atomic E-state index is 0.395. The van der Waals surface area contributed by atoms with Gasteiger partial charge in [0.1, 0.15) is 17.3 Å². The van der Waals surface area contributed by atoms with Crippen LogP contribution in [0.1, 0.15) is 12.8 Å². The molecule has 0 unspecified atom stereocenters. The predicted octanol–water partition coefficient (Wildman–Crippen LogP) is 1.76. The number of hydrogen-bond donors (Lipinski definition) is 0. The highest BCUT2D eigenvalue weighted by molar-refractivity contribution is 7.92. The van der Waals surface area contributed by atoms with E-state index in [2.05, 4.69) is 33.4 Å². The van der Waals surface area contributed by atoms with Crippen molar-refractivity contribution in [2.45, 2.75) is 18.9 Å². The van der Waals surface area contributed by atoms with Crippen LogP contribution in [0.5, 0.6) is 6.01 Å². The van der Waals surface area contributed by atoms with Crippen LogP contribution in [-0.4, -0.2) is 80.0 Å². The third-order valence-corrected chi connectivity index (χ3v) is 7.78. The van der Waals surface area contributed by atoms with Crippen molar-refractivity contribution in [3.05, 3.63) is 23.4 Å². The number of fused-ring (bicyclic) bond motifs is 1. The van der Waals surface area contributed by atoms with Crippen LogP contribution in [0, 0.1) is 0 Å². The van der Waals surface area contributed by atoms with Gasteiger partial charge in [0.15, 0.2) is 0 Å². The van der Waals surface area contributed by atoms with E-state index in [1.54, 1.807) is 11.3 Å². The van der Waals surface area contributed by atoms with Crippen LogP contribution in [0.25, 0.3) is 10.2 Å². The van der Waals surface area contributed by atoms with Gasteiger partial charge in [0.2, 0.25) is 10.0 Å². The van der Waals surface area contributed by atoms with E-state index in [4.69, 9.17) is 4.74 Å². The zero-order chi connectivity index (χ0) is 19.7. The molecule has 0 aromatic carbocycles. The lowest BCUT2D eigenvalue weighted by molar-refractivity contribution is 0.188. The summed E-state index contributed by atoms with van der Waals surface area (Å²) in [5, 5.41) is 3.99. The first-order chi connectivity index (χ1) is 13.5. The Morgan fingerprint density at radius 3 is 2.75 bits per heavy atom. The summed E-state index contributed by atoms with van der Waals surface area (Å²) in [5.74, 6) is 0.816. The lowest BCUT2D eigenvalue weighted by Gasteiger charge is -2.34. The zero-order valence-electron chi connectivity index (χ0n) is 16.0. The summed E-state index contributed by atoms with van der Waals surface area (Å²) in [7, 11) is -1.26. The van der Waals surface area contributed by atoms with Crippen LogP contribution in [0.3, 0.4) is 0 Å². The van der Waals surface area contributed by atoms with Gasteiger partial charge < -0.3 is 14.5 Å². The van der Waals surface area contributed by atoms with Crippen LogP contribution in [0.4, 0.5) is 5.82 Å². The van der Waals surface area contributed by atoms with E-state index < -0.39 is 10.0 Å². The van der Waals surface area contributed by atoms with E-state index in [0.29, 0.717) is 44.8 Å². The maximum Gasteiger partial charge on any atom is 0.319 e. The van der Waals surface area contributed by atoms with Crippen molar-refractivity contribution in [1.82, 2.24) is 19.2 Å². The summed E-state index contributed by atoms with van der Waals surface area (Å²) in [6.45, 7) is 7.05. The smallest absolute Gasteiger partial charge is 0.319 e. The molecule has 1 atom stereocenters. The van der Waals surface area contributed by atoms with Gasteiger partial charge in [-0.05, 0) is 37.9 Å². The van der Waals surface area contributed by atoms with Gasteiger partial charge in [-0.15, -0.1) is 11.3 Å². The van der Waals surface area contributed by atoms with Crippen LogP contribution >= 0.6 is 11.3 Å². The van der Waals surface area contributed by atoms with Gasteiger partial charge >= 0.3 is 6.01 Å². The average molecular weight is 424 g/mol. The van der Waals surface area contributed by atoms with Crippen LogP contribution < -0.4 is 9.64 Å².